The summed E-state index contributed by atoms with van der Waals surface area (Å²) in [4.78, 5) is 16.3. The minimum absolute atomic E-state index is 0.183. The number of carbonyl (C=O) groups excluding carboxylic acids is 1. The Balaban J connectivity index is 1.49. The van der Waals surface area contributed by atoms with Gasteiger partial charge in [0.15, 0.2) is 0 Å². The molecule has 0 N–H and O–H groups in total. The summed E-state index contributed by atoms with van der Waals surface area (Å²) < 4.78 is 18.4. The molecule has 1 saturated carbocycles. The number of carbonyl (C=O) groups is 1. The third-order valence-electron chi connectivity index (χ3n) is 4.49. The second-order valence-corrected chi connectivity index (χ2v) is 7.46. The van der Waals surface area contributed by atoms with Crippen molar-refractivity contribution in [3.05, 3.63) is 35.6 Å². The Morgan fingerprint density at radius 1 is 1.13 bits per heavy atom. The number of piperazine rings is 1. The molecule has 4 nitrogen and oxygen atoms in total. The van der Waals surface area contributed by atoms with Crippen LogP contribution >= 0.6 is 0 Å². The van der Waals surface area contributed by atoms with Crippen LogP contribution in [-0.2, 0) is 4.74 Å². The van der Waals surface area contributed by atoms with Crippen molar-refractivity contribution in [2.75, 3.05) is 26.2 Å². The summed E-state index contributed by atoms with van der Waals surface area (Å²) in [7, 11) is 0. The first kappa shape index (κ1) is 16.2. The maximum Gasteiger partial charge on any atom is 0.410 e. The summed E-state index contributed by atoms with van der Waals surface area (Å²) in [5.41, 5.74) is 0.768. The van der Waals surface area contributed by atoms with Crippen LogP contribution in [-0.4, -0.2) is 53.7 Å². The van der Waals surface area contributed by atoms with Crippen molar-refractivity contribution in [1.29, 1.82) is 0 Å². The van der Waals surface area contributed by atoms with Crippen LogP contribution in [0.3, 0.4) is 0 Å². The fourth-order valence-corrected chi connectivity index (χ4v) is 3.22. The van der Waals surface area contributed by atoms with Gasteiger partial charge in [-0.15, -0.1) is 0 Å². The van der Waals surface area contributed by atoms with Gasteiger partial charge in [0.05, 0.1) is 0 Å². The first-order valence-electron chi connectivity index (χ1n) is 8.31. The molecule has 1 heterocycles. The van der Waals surface area contributed by atoms with Crippen molar-refractivity contribution >= 4 is 6.09 Å². The summed E-state index contributed by atoms with van der Waals surface area (Å²) in [5, 5.41) is 0. The second kappa shape index (κ2) is 6.11. The molecule has 1 amide bonds. The Bertz CT molecular complexity index is 559. The average molecular weight is 320 g/mol. The second-order valence-electron chi connectivity index (χ2n) is 7.46. The van der Waals surface area contributed by atoms with E-state index >= 15 is 0 Å². The fourth-order valence-electron chi connectivity index (χ4n) is 3.22. The molecule has 1 aromatic rings. The summed E-state index contributed by atoms with van der Waals surface area (Å²) in [6.07, 6.45) is 0.904. The van der Waals surface area contributed by atoms with Crippen molar-refractivity contribution in [1.82, 2.24) is 9.80 Å². The molecule has 2 unspecified atom stereocenters. The van der Waals surface area contributed by atoms with Gasteiger partial charge in [-0.05, 0) is 44.9 Å². The van der Waals surface area contributed by atoms with Gasteiger partial charge >= 0.3 is 6.09 Å². The Labute approximate surface area is 137 Å². The molecular formula is C18H25FN2O2. The van der Waals surface area contributed by atoms with Crippen molar-refractivity contribution in [3.63, 3.8) is 0 Å². The van der Waals surface area contributed by atoms with E-state index in [9.17, 15) is 9.18 Å². The number of halogens is 1. The SMILES string of the molecule is CC(C)(C)OC(=O)N1CCN(C2CC2c2ccc(F)cc2)CC1. The highest BCUT2D eigenvalue weighted by Crippen LogP contribution is 2.44. The molecule has 126 valence electrons. The first-order chi connectivity index (χ1) is 10.8. The molecule has 2 fully saturated rings. The van der Waals surface area contributed by atoms with E-state index in [1.165, 1.54) is 17.7 Å². The number of amides is 1. The molecule has 0 spiro atoms. The summed E-state index contributed by atoms with van der Waals surface area (Å²) >= 11 is 0. The van der Waals surface area contributed by atoms with Gasteiger partial charge < -0.3 is 9.64 Å². The largest absolute Gasteiger partial charge is 0.444 e. The minimum Gasteiger partial charge on any atom is -0.444 e. The van der Waals surface area contributed by atoms with Crippen molar-refractivity contribution in [2.45, 2.75) is 44.8 Å². The summed E-state index contributed by atoms with van der Waals surface area (Å²) in [6, 6.07) is 7.37. The smallest absolute Gasteiger partial charge is 0.410 e. The molecular weight excluding hydrogens is 295 g/mol. The quantitative estimate of drug-likeness (QED) is 0.839. The number of nitrogens with zero attached hydrogens (tertiary/aromatic N) is 2. The lowest BCUT2D eigenvalue weighted by molar-refractivity contribution is 0.0136. The van der Waals surface area contributed by atoms with Crippen LogP contribution < -0.4 is 0 Å². The van der Waals surface area contributed by atoms with Gasteiger partial charge in [0, 0.05) is 38.1 Å². The van der Waals surface area contributed by atoms with Crippen LogP contribution in [0.15, 0.2) is 24.3 Å². The van der Waals surface area contributed by atoms with Gasteiger partial charge in [-0.1, -0.05) is 12.1 Å². The number of benzene rings is 1. The maximum absolute atomic E-state index is 13.0. The summed E-state index contributed by atoms with van der Waals surface area (Å²) in [5.74, 6) is 0.320. The third kappa shape index (κ3) is 4.02. The highest BCUT2D eigenvalue weighted by atomic mass is 19.1. The van der Waals surface area contributed by atoms with Crippen LogP contribution in [0.5, 0.6) is 0 Å². The molecule has 5 heteroatoms. The third-order valence-corrected chi connectivity index (χ3v) is 4.49. The Kier molecular flexibility index (Phi) is 4.32. The monoisotopic (exact) mass is 320 g/mol. The van der Waals surface area contributed by atoms with Crippen molar-refractivity contribution in [2.24, 2.45) is 0 Å². The Hall–Kier alpha value is -1.62. The summed E-state index contributed by atoms with van der Waals surface area (Å²) in [6.45, 7) is 8.84. The van der Waals surface area contributed by atoms with Crippen molar-refractivity contribution in [3.8, 4) is 0 Å². The molecule has 0 radical (unpaired) electrons. The standard InChI is InChI=1S/C18H25FN2O2/c1-18(2,3)23-17(22)21-10-8-20(9-11-21)16-12-15(16)13-4-6-14(19)7-5-13/h4-7,15-16H,8-12H2,1-3H3. The van der Waals surface area contributed by atoms with E-state index in [1.54, 1.807) is 4.90 Å². The van der Waals surface area contributed by atoms with E-state index in [4.69, 9.17) is 4.74 Å². The van der Waals surface area contributed by atoms with Crippen LogP contribution in [0.4, 0.5) is 9.18 Å². The lowest BCUT2D eigenvalue weighted by atomic mass is 10.1. The number of hydrogen-bond acceptors (Lipinski definition) is 3. The van der Waals surface area contributed by atoms with E-state index in [0.29, 0.717) is 25.0 Å². The molecule has 0 bridgehead atoms. The van der Waals surface area contributed by atoms with Gasteiger partial charge in [0.1, 0.15) is 11.4 Å². The van der Waals surface area contributed by atoms with Crippen LogP contribution in [0.25, 0.3) is 0 Å². The van der Waals surface area contributed by atoms with Gasteiger partial charge in [-0.25, -0.2) is 9.18 Å². The van der Waals surface area contributed by atoms with E-state index in [1.807, 2.05) is 32.9 Å². The van der Waals surface area contributed by atoms with E-state index in [2.05, 4.69) is 4.90 Å². The maximum atomic E-state index is 13.0. The molecule has 2 atom stereocenters. The number of rotatable bonds is 2. The predicted octanol–water partition coefficient (Wildman–Crippen LogP) is 3.23. The normalized spacial score (nSPS) is 25.3. The van der Waals surface area contributed by atoms with E-state index in [0.717, 1.165) is 19.5 Å². The molecule has 2 aliphatic rings. The fraction of sp³-hybridized carbons (Fsp3) is 0.611. The molecule has 1 aromatic carbocycles. The zero-order chi connectivity index (χ0) is 16.6. The lowest BCUT2D eigenvalue weighted by Gasteiger charge is -2.36. The van der Waals surface area contributed by atoms with Crippen molar-refractivity contribution < 1.29 is 13.9 Å². The van der Waals surface area contributed by atoms with Crippen LogP contribution in [0, 0.1) is 5.82 Å². The van der Waals surface area contributed by atoms with Gasteiger partial charge in [0.25, 0.3) is 0 Å². The zero-order valence-corrected chi connectivity index (χ0v) is 14.1. The molecule has 23 heavy (non-hydrogen) atoms. The van der Waals surface area contributed by atoms with Crippen LogP contribution in [0.2, 0.25) is 0 Å². The number of hydrogen-bond donors (Lipinski definition) is 0. The molecule has 3 rings (SSSR count). The Morgan fingerprint density at radius 3 is 2.30 bits per heavy atom. The highest BCUT2D eigenvalue weighted by Gasteiger charge is 2.43. The predicted molar refractivity (Wildman–Crippen MR) is 86.9 cm³/mol. The Morgan fingerprint density at radius 2 is 1.74 bits per heavy atom. The molecule has 1 saturated heterocycles. The zero-order valence-electron chi connectivity index (χ0n) is 14.1. The average Bonchev–Trinajstić information content (AvgIpc) is 3.27. The topological polar surface area (TPSA) is 32.8 Å². The highest BCUT2D eigenvalue weighted by molar-refractivity contribution is 5.68. The minimum atomic E-state index is -0.446. The molecule has 1 aliphatic heterocycles. The van der Waals surface area contributed by atoms with Crippen LogP contribution in [0.1, 0.15) is 38.7 Å². The lowest BCUT2D eigenvalue weighted by Crippen LogP contribution is -2.50. The van der Waals surface area contributed by atoms with Gasteiger partial charge in [-0.3, -0.25) is 4.90 Å². The molecule has 0 aromatic heterocycles. The van der Waals surface area contributed by atoms with E-state index in [-0.39, 0.29) is 11.9 Å². The number of ether oxygens (including phenoxy) is 1. The van der Waals surface area contributed by atoms with E-state index < -0.39 is 5.60 Å². The van der Waals surface area contributed by atoms with Gasteiger partial charge in [-0.2, -0.15) is 0 Å². The first-order valence-corrected chi connectivity index (χ1v) is 8.31. The van der Waals surface area contributed by atoms with Gasteiger partial charge in [0.2, 0.25) is 0 Å². The molecule has 1 aliphatic carbocycles.